The van der Waals surface area contributed by atoms with Crippen LogP contribution in [0.25, 0.3) is 0 Å². The van der Waals surface area contributed by atoms with E-state index in [9.17, 15) is 4.79 Å². The molecule has 5 aromatic rings. The number of amides is 1. The van der Waals surface area contributed by atoms with E-state index in [2.05, 4.69) is 107 Å². The van der Waals surface area contributed by atoms with E-state index in [1.54, 1.807) is 16.4 Å². The molecule has 212 valence electrons. The molecule has 1 N–H and O–H groups in total. The maximum atomic E-state index is 14.2. The van der Waals surface area contributed by atoms with Gasteiger partial charge in [-0.05, 0) is 60.0 Å². The zero-order chi connectivity index (χ0) is 28.9. The molecule has 2 saturated heterocycles. The van der Waals surface area contributed by atoms with Gasteiger partial charge in [0.05, 0.1) is 5.54 Å². The lowest BCUT2D eigenvalue weighted by atomic mass is 9.76. The Bertz CT molecular complexity index is 1610. The van der Waals surface area contributed by atoms with E-state index in [-0.39, 0.29) is 22.1 Å². The van der Waals surface area contributed by atoms with Gasteiger partial charge in [0.15, 0.2) is 5.82 Å². The van der Waals surface area contributed by atoms with Gasteiger partial charge in [-0.1, -0.05) is 91.0 Å². The molecule has 7 rings (SSSR count). The maximum absolute atomic E-state index is 14.2. The van der Waals surface area contributed by atoms with Gasteiger partial charge in [0.25, 0.3) is 0 Å². The van der Waals surface area contributed by atoms with Crippen LogP contribution in [0.4, 0.5) is 0 Å². The van der Waals surface area contributed by atoms with Crippen LogP contribution in [-0.4, -0.2) is 47.2 Å². The minimum absolute atomic E-state index is 0.0404. The van der Waals surface area contributed by atoms with Gasteiger partial charge in [-0.15, -0.1) is 16.9 Å². The molecular weight excluding hydrogens is 544 g/mol. The molecule has 4 heterocycles. The second-order valence-electron chi connectivity index (χ2n) is 11.4. The zero-order valence-electron chi connectivity index (χ0n) is 23.7. The Kier molecular flexibility index (Phi) is 6.51. The normalized spacial score (nSPS) is 21.3. The van der Waals surface area contributed by atoms with Gasteiger partial charge < -0.3 is 9.32 Å². The number of β-lactam (4-membered cyclic amide) rings is 1. The van der Waals surface area contributed by atoms with Crippen LogP contribution in [0.5, 0.6) is 0 Å². The van der Waals surface area contributed by atoms with Gasteiger partial charge in [0.1, 0.15) is 35.5 Å². The van der Waals surface area contributed by atoms with Crippen LogP contribution in [-0.2, 0) is 16.9 Å². The molecule has 2 aliphatic heterocycles. The largest absolute Gasteiger partial charge is 0.464 e. The van der Waals surface area contributed by atoms with E-state index in [1.807, 2.05) is 42.2 Å². The number of carbonyl (C=O) groups is 1. The molecule has 3 aromatic carbocycles. The Morgan fingerprint density at radius 1 is 0.881 bits per heavy atom. The van der Waals surface area contributed by atoms with Crippen LogP contribution in [0.15, 0.2) is 108 Å². The van der Waals surface area contributed by atoms with Crippen LogP contribution in [0.3, 0.4) is 0 Å². The number of nitrogens with one attached hydrogen (secondary N) is 1. The number of nitrogens with zero attached hydrogens (tertiary/aromatic N) is 5. The first kappa shape index (κ1) is 26.7. The van der Waals surface area contributed by atoms with Crippen molar-refractivity contribution in [3.8, 4) is 0 Å². The number of hydrogen-bond acceptors (Lipinski definition) is 7. The van der Waals surface area contributed by atoms with Crippen LogP contribution >= 0.6 is 11.8 Å². The number of benzene rings is 3. The van der Waals surface area contributed by atoms with Crippen molar-refractivity contribution in [2.45, 2.75) is 55.1 Å². The first-order valence-corrected chi connectivity index (χ1v) is 15.0. The number of fused-ring (bicyclic) bond motifs is 1. The summed E-state index contributed by atoms with van der Waals surface area (Å²) >= 11 is 1.79. The first-order chi connectivity index (χ1) is 20.4. The van der Waals surface area contributed by atoms with Crippen molar-refractivity contribution in [2.24, 2.45) is 0 Å². The third kappa shape index (κ3) is 4.26. The zero-order valence-corrected chi connectivity index (χ0v) is 24.5. The van der Waals surface area contributed by atoms with Crippen LogP contribution in [0, 0.1) is 6.92 Å². The van der Waals surface area contributed by atoms with Gasteiger partial charge in [-0.3, -0.25) is 10.1 Å². The lowest BCUT2D eigenvalue weighted by Crippen LogP contribution is -2.70. The molecule has 1 amide bonds. The molecule has 8 nitrogen and oxygen atoms in total. The predicted molar refractivity (Wildman–Crippen MR) is 162 cm³/mol. The fraction of sp³-hybridized carbons (Fsp3) is 0.273. The van der Waals surface area contributed by atoms with Gasteiger partial charge in [0, 0.05) is 4.75 Å². The molecule has 0 radical (unpaired) electrons. The van der Waals surface area contributed by atoms with Crippen LogP contribution in [0.2, 0.25) is 0 Å². The highest BCUT2D eigenvalue weighted by atomic mass is 32.2. The number of hydrogen-bond donors (Lipinski definition) is 1. The number of aromatic nitrogens is 4. The highest BCUT2D eigenvalue weighted by Crippen LogP contribution is 2.57. The third-order valence-corrected chi connectivity index (χ3v) is 9.91. The number of tetrazole rings is 1. The molecule has 2 unspecified atom stereocenters. The van der Waals surface area contributed by atoms with Crippen molar-refractivity contribution in [1.82, 2.24) is 30.4 Å². The second kappa shape index (κ2) is 10.3. The van der Waals surface area contributed by atoms with E-state index in [0.717, 1.165) is 28.2 Å². The molecule has 0 spiro atoms. The molecule has 2 fully saturated rings. The Hall–Kier alpha value is -4.21. The summed E-state index contributed by atoms with van der Waals surface area (Å²) in [6.45, 7) is 6.65. The minimum Gasteiger partial charge on any atom is -0.464 e. The smallest absolute Gasteiger partial charge is 0.244 e. The Labute approximate surface area is 249 Å². The van der Waals surface area contributed by atoms with Crippen LogP contribution in [0.1, 0.15) is 53.9 Å². The van der Waals surface area contributed by atoms with Crippen LogP contribution < -0.4 is 5.32 Å². The summed E-state index contributed by atoms with van der Waals surface area (Å²) < 4.78 is 7.23. The summed E-state index contributed by atoms with van der Waals surface area (Å²) in [6, 6.07) is 34.3. The lowest BCUT2D eigenvalue weighted by Gasteiger charge is -2.49. The molecular formula is C33H32N6O2S. The summed E-state index contributed by atoms with van der Waals surface area (Å²) in [5.74, 6) is 2.31. The monoisotopic (exact) mass is 576 g/mol. The van der Waals surface area contributed by atoms with Gasteiger partial charge in [0.2, 0.25) is 5.91 Å². The first-order valence-electron chi connectivity index (χ1n) is 14.1. The Morgan fingerprint density at radius 3 is 1.98 bits per heavy atom. The van der Waals surface area contributed by atoms with E-state index >= 15 is 0 Å². The quantitative estimate of drug-likeness (QED) is 0.198. The van der Waals surface area contributed by atoms with Crippen molar-refractivity contribution in [3.63, 3.8) is 0 Å². The van der Waals surface area contributed by atoms with E-state index in [0.29, 0.717) is 12.4 Å². The fourth-order valence-corrected chi connectivity index (χ4v) is 8.08. The molecule has 9 heteroatoms. The van der Waals surface area contributed by atoms with Crippen molar-refractivity contribution >= 4 is 17.7 Å². The maximum Gasteiger partial charge on any atom is 0.244 e. The molecule has 2 aromatic heterocycles. The highest BCUT2D eigenvalue weighted by molar-refractivity contribution is 8.01. The number of rotatable bonds is 8. The second-order valence-corrected chi connectivity index (χ2v) is 13.2. The lowest BCUT2D eigenvalue weighted by molar-refractivity contribution is -0.150. The average molecular weight is 577 g/mol. The van der Waals surface area contributed by atoms with E-state index in [4.69, 9.17) is 4.42 Å². The molecule has 3 atom stereocenters. The van der Waals surface area contributed by atoms with E-state index in [1.165, 1.54) is 0 Å². The Balaban J connectivity index is 1.27. The summed E-state index contributed by atoms with van der Waals surface area (Å²) in [6.07, 6.45) is 0. The van der Waals surface area contributed by atoms with Gasteiger partial charge >= 0.3 is 0 Å². The fourth-order valence-electron chi connectivity index (χ4n) is 6.45. The topological polar surface area (TPSA) is 89.1 Å². The Morgan fingerprint density at radius 2 is 1.45 bits per heavy atom. The SMILES string of the molecule is Cc1ccc(Cn2nnnc2C2N3C(=O)C(NC(c4ccccc4)(c4ccccc4)c4ccccc4)[C@H]3SC2(C)C)o1. The molecule has 0 saturated carbocycles. The summed E-state index contributed by atoms with van der Waals surface area (Å²) in [5, 5.41) is 16.5. The molecule has 2 aliphatic rings. The standard InChI is InChI=1S/C33H32N6O2S/c1-22-19-20-26(41-22)21-38-29(35-36-37-38)28-32(2,3)42-31-27(30(40)39(28)31)34-33(23-13-7-4-8-14-23,24-15-9-5-10-16-24)25-17-11-6-12-18-25/h4-20,27-28,31,34H,21H2,1-3H3/t27?,28?,31-/m1/s1. The van der Waals surface area contributed by atoms with Gasteiger partial charge in [-0.2, -0.15) is 0 Å². The summed E-state index contributed by atoms with van der Waals surface area (Å²) in [5.41, 5.74) is 2.48. The number of thioether (sulfide) groups is 1. The minimum atomic E-state index is -0.738. The number of furan rings is 1. The van der Waals surface area contributed by atoms with Crippen molar-refractivity contribution in [2.75, 3.05) is 0 Å². The van der Waals surface area contributed by atoms with Crippen molar-refractivity contribution in [3.05, 3.63) is 137 Å². The predicted octanol–water partition coefficient (Wildman–Crippen LogP) is 5.31. The number of aryl methyl sites for hydroxylation is 1. The van der Waals surface area contributed by atoms with Crippen molar-refractivity contribution < 1.29 is 9.21 Å². The molecule has 0 bridgehead atoms. The highest BCUT2D eigenvalue weighted by Gasteiger charge is 2.64. The van der Waals surface area contributed by atoms with E-state index < -0.39 is 11.6 Å². The molecule has 42 heavy (non-hydrogen) atoms. The molecule has 0 aliphatic carbocycles. The van der Waals surface area contributed by atoms with Gasteiger partial charge in [-0.25, -0.2) is 4.68 Å². The number of carbonyl (C=O) groups excluding carboxylic acids is 1. The van der Waals surface area contributed by atoms with Crippen molar-refractivity contribution in [1.29, 1.82) is 0 Å². The third-order valence-electron chi connectivity index (χ3n) is 8.34. The summed E-state index contributed by atoms with van der Waals surface area (Å²) in [7, 11) is 0. The average Bonchev–Trinajstić information content (AvgIpc) is 3.71. The summed E-state index contributed by atoms with van der Waals surface area (Å²) in [4.78, 5) is 16.2.